The molecule has 0 radical (unpaired) electrons. The van der Waals surface area contributed by atoms with E-state index in [0.29, 0.717) is 6.04 Å². The molecule has 20 heavy (non-hydrogen) atoms. The lowest BCUT2D eigenvalue weighted by molar-refractivity contribution is 0.549. The summed E-state index contributed by atoms with van der Waals surface area (Å²) >= 11 is 5.75. The van der Waals surface area contributed by atoms with E-state index in [1.54, 1.807) is 0 Å². The molecule has 6 heteroatoms. The molecule has 1 saturated carbocycles. The van der Waals surface area contributed by atoms with E-state index in [1.165, 1.54) is 31.4 Å². The van der Waals surface area contributed by atoms with Gasteiger partial charge in [0.25, 0.3) is 0 Å². The number of thioether (sulfide) groups is 1. The molecule has 1 fully saturated rings. The van der Waals surface area contributed by atoms with Crippen LogP contribution in [-0.4, -0.2) is 26.8 Å². The highest BCUT2D eigenvalue weighted by Crippen LogP contribution is 2.30. The molecule has 4 nitrogen and oxygen atoms in total. The average Bonchev–Trinajstić information content (AvgIpc) is 3.05. The molecular formula is C14H25BrN4S. The zero-order valence-corrected chi connectivity index (χ0v) is 14.8. The average molecular weight is 361 g/mol. The molecule has 1 atom stereocenters. The first kappa shape index (κ1) is 16.3. The van der Waals surface area contributed by atoms with Crippen molar-refractivity contribution in [3.8, 4) is 0 Å². The summed E-state index contributed by atoms with van der Waals surface area (Å²) in [5.41, 5.74) is 5.33. The van der Waals surface area contributed by atoms with E-state index in [-0.39, 0.29) is 0 Å². The van der Waals surface area contributed by atoms with E-state index in [2.05, 4.69) is 45.1 Å². The Morgan fingerprint density at radius 3 is 2.75 bits per heavy atom. The van der Waals surface area contributed by atoms with Crippen LogP contribution in [0.4, 0.5) is 0 Å². The Hall–Kier alpha value is -0.0400. The normalized spacial score (nSPS) is 17.8. The zero-order valence-electron chi connectivity index (χ0n) is 12.4. The number of nitrogens with two attached hydrogens (primary N) is 1. The molecule has 1 heterocycles. The number of halogens is 1. The predicted molar refractivity (Wildman–Crippen MR) is 89.8 cm³/mol. The molecule has 114 valence electrons. The van der Waals surface area contributed by atoms with E-state index >= 15 is 0 Å². The first-order chi connectivity index (χ1) is 9.65. The van der Waals surface area contributed by atoms with Gasteiger partial charge in [-0.05, 0) is 35.2 Å². The number of aromatic nitrogens is 2. The van der Waals surface area contributed by atoms with Crippen molar-refractivity contribution in [2.75, 3.05) is 5.75 Å². The zero-order chi connectivity index (χ0) is 14.5. The Kier molecular flexibility index (Phi) is 6.39. The molecule has 2 rings (SSSR count). The largest absolute Gasteiger partial charge is 0.271 e. The minimum atomic E-state index is 0.303. The van der Waals surface area contributed by atoms with Gasteiger partial charge >= 0.3 is 0 Å². The summed E-state index contributed by atoms with van der Waals surface area (Å²) < 4.78 is 3.13. The van der Waals surface area contributed by atoms with E-state index in [1.807, 2.05) is 11.7 Å². The van der Waals surface area contributed by atoms with Gasteiger partial charge < -0.3 is 0 Å². The van der Waals surface area contributed by atoms with Crippen LogP contribution in [0.3, 0.4) is 0 Å². The van der Waals surface area contributed by atoms with E-state index in [0.717, 1.165) is 34.0 Å². The van der Waals surface area contributed by atoms with Crippen molar-refractivity contribution >= 4 is 27.7 Å². The van der Waals surface area contributed by atoms with Gasteiger partial charge in [0.2, 0.25) is 0 Å². The standard InChI is InChI=1S/C14H25BrN4S/c1-3-12-14(15)13(19(2)18-12)8-10(17-16)9-20-11-6-4-5-7-11/h10-11,17H,3-9,16H2,1-2H3. The van der Waals surface area contributed by atoms with Gasteiger partial charge in [-0.3, -0.25) is 16.0 Å². The third-order valence-electron chi connectivity index (χ3n) is 4.01. The number of nitrogens with one attached hydrogen (secondary N) is 1. The predicted octanol–water partition coefficient (Wildman–Crippen LogP) is 2.80. The number of rotatable bonds is 7. The molecule has 1 aromatic rings. The van der Waals surface area contributed by atoms with Gasteiger partial charge in [0.1, 0.15) is 0 Å². The van der Waals surface area contributed by atoms with Crippen LogP contribution >= 0.6 is 27.7 Å². The molecule has 1 unspecified atom stereocenters. The Morgan fingerprint density at radius 1 is 1.50 bits per heavy atom. The molecular weight excluding hydrogens is 336 g/mol. The van der Waals surface area contributed by atoms with Crippen LogP contribution in [0.5, 0.6) is 0 Å². The Labute approximate surface area is 134 Å². The second kappa shape index (κ2) is 7.82. The fraction of sp³-hybridized carbons (Fsp3) is 0.786. The van der Waals surface area contributed by atoms with Crippen molar-refractivity contribution in [3.63, 3.8) is 0 Å². The van der Waals surface area contributed by atoms with Crippen molar-refractivity contribution in [1.29, 1.82) is 0 Å². The lowest BCUT2D eigenvalue weighted by Gasteiger charge is -2.18. The minimum Gasteiger partial charge on any atom is -0.271 e. The SMILES string of the molecule is CCc1nn(C)c(CC(CSC2CCCC2)NN)c1Br. The minimum absolute atomic E-state index is 0.303. The first-order valence-electron chi connectivity index (χ1n) is 7.43. The second-order valence-electron chi connectivity index (χ2n) is 5.49. The fourth-order valence-corrected chi connectivity index (χ4v) is 4.91. The van der Waals surface area contributed by atoms with Crippen LogP contribution in [0.25, 0.3) is 0 Å². The number of hydrogen-bond acceptors (Lipinski definition) is 4. The lowest BCUT2D eigenvalue weighted by Crippen LogP contribution is -2.39. The van der Waals surface area contributed by atoms with Gasteiger partial charge in [-0.25, -0.2) is 0 Å². The maximum absolute atomic E-state index is 5.74. The van der Waals surface area contributed by atoms with Gasteiger partial charge in [-0.2, -0.15) is 16.9 Å². The molecule has 0 bridgehead atoms. The molecule has 0 saturated heterocycles. The third kappa shape index (κ3) is 4.00. The van der Waals surface area contributed by atoms with Gasteiger partial charge in [0.05, 0.1) is 15.9 Å². The van der Waals surface area contributed by atoms with Crippen molar-refractivity contribution in [3.05, 3.63) is 15.9 Å². The van der Waals surface area contributed by atoms with Crippen molar-refractivity contribution in [2.24, 2.45) is 12.9 Å². The van der Waals surface area contributed by atoms with E-state index < -0.39 is 0 Å². The van der Waals surface area contributed by atoms with Gasteiger partial charge in [-0.15, -0.1) is 0 Å². The van der Waals surface area contributed by atoms with Gasteiger partial charge in [-0.1, -0.05) is 19.8 Å². The van der Waals surface area contributed by atoms with Gasteiger partial charge in [0, 0.05) is 30.5 Å². The number of aryl methyl sites for hydroxylation is 2. The Morgan fingerprint density at radius 2 is 2.20 bits per heavy atom. The molecule has 0 aliphatic heterocycles. The third-order valence-corrected chi connectivity index (χ3v) is 6.47. The molecule has 1 aliphatic rings. The topological polar surface area (TPSA) is 55.9 Å². The molecule has 3 N–H and O–H groups in total. The summed E-state index contributed by atoms with van der Waals surface area (Å²) in [7, 11) is 2.01. The maximum atomic E-state index is 5.74. The smallest absolute Gasteiger partial charge is 0.0766 e. The monoisotopic (exact) mass is 360 g/mol. The van der Waals surface area contributed by atoms with Crippen molar-refractivity contribution in [2.45, 2.75) is 56.7 Å². The van der Waals surface area contributed by atoms with E-state index in [4.69, 9.17) is 5.84 Å². The molecule has 1 aliphatic carbocycles. The van der Waals surface area contributed by atoms with Crippen LogP contribution in [0.1, 0.15) is 44.0 Å². The van der Waals surface area contributed by atoms with Crippen molar-refractivity contribution < 1.29 is 0 Å². The van der Waals surface area contributed by atoms with Crippen LogP contribution in [0, 0.1) is 0 Å². The Balaban J connectivity index is 1.93. The summed E-state index contributed by atoms with van der Waals surface area (Å²) in [4.78, 5) is 0. The van der Waals surface area contributed by atoms with E-state index in [9.17, 15) is 0 Å². The lowest BCUT2D eigenvalue weighted by atomic mass is 10.1. The molecule has 0 amide bonds. The second-order valence-corrected chi connectivity index (χ2v) is 7.62. The van der Waals surface area contributed by atoms with Crippen LogP contribution in [0.2, 0.25) is 0 Å². The van der Waals surface area contributed by atoms with Crippen LogP contribution in [-0.2, 0) is 19.9 Å². The summed E-state index contributed by atoms with van der Waals surface area (Å²) in [6.45, 7) is 2.13. The molecule has 0 aromatic carbocycles. The fourth-order valence-electron chi connectivity index (χ4n) is 2.75. The summed E-state index contributed by atoms with van der Waals surface area (Å²) in [6.07, 6.45) is 7.40. The summed E-state index contributed by atoms with van der Waals surface area (Å²) in [5.74, 6) is 6.81. The highest BCUT2D eigenvalue weighted by Gasteiger charge is 2.20. The highest BCUT2D eigenvalue weighted by atomic mass is 79.9. The van der Waals surface area contributed by atoms with Crippen molar-refractivity contribution in [1.82, 2.24) is 15.2 Å². The summed E-state index contributed by atoms with van der Waals surface area (Å²) in [6, 6.07) is 0.303. The molecule has 1 aromatic heterocycles. The van der Waals surface area contributed by atoms with Crippen LogP contribution in [0.15, 0.2) is 4.47 Å². The number of nitrogens with zero attached hydrogens (tertiary/aromatic N) is 2. The van der Waals surface area contributed by atoms with Gasteiger partial charge in [0.15, 0.2) is 0 Å². The van der Waals surface area contributed by atoms with Crippen LogP contribution < -0.4 is 11.3 Å². The first-order valence-corrected chi connectivity index (χ1v) is 9.27. The number of hydrogen-bond donors (Lipinski definition) is 2. The summed E-state index contributed by atoms with van der Waals surface area (Å²) in [5, 5.41) is 5.39. The Bertz CT molecular complexity index is 429. The number of hydrazine groups is 1. The molecule has 0 spiro atoms. The maximum Gasteiger partial charge on any atom is 0.0766 e. The quantitative estimate of drug-likeness (QED) is 0.579. The highest BCUT2D eigenvalue weighted by molar-refractivity contribution is 9.10.